The van der Waals surface area contributed by atoms with Crippen molar-refractivity contribution in [2.45, 2.75) is 40.2 Å². The highest BCUT2D eigenvalue weighted by atomic mass is 79.9. The van der Waals surface area contributed by atoms with Gasteiger partial charge < -0.3 is 4.74 Å². The van der Waals surface area contributed by atoms with Crippen molar-refractivity contribution in [3.63, 3.8) is 0 Å². The molecule has 4 rings (SSSR count). The van der Waals surface area contributed by atoms with Crippen LogP contribution < -0.4 is 10.3 Å². The standard InChI is InChI=1S/C23H21BrClN5O2S/c1-12(2)22-26-6-5-17(29-22)18-8-19(16(25)9-27-18)30-13(3)7-20(21(24)23(30)31)32-10-15-11-33-14(4)28-15/h5-9,11-12H,10H2,1-4H3. The largest absolute Gasteiger partial charge is 0.486 e. The molecule has 0 saturated heterocycles. The van der Waals surface area contributed by atoms with E-state index >= 15 is 0 Å². The van der Waals surface area contributed by atoms with Gasteiger partial charge in [-0.2, -0.15) is 0 Å². The monoisotopic (exact) mass is 545 g/mol. The summed E-state index contributed by atoms with van der Waals surface area (Å²) < 4.78 is 7.70. The minimum absolute atomic E-state index is 0.179. The second-order valence-electron chi connectivity index (χ2n) is 7.73. The molecule has 10 heteroatoms. The van der Waals surface area contributed by atoms with Gasteiger partial charge >= 0.3 is 0 Å². The molecule has 0 amide bonds. The molecule has 33 heavy (non-hydrogen) atoms. The maximum absolute atomic E-state index is 13.3. The predicted molar refractivity (Wildman–Crippen MR) is 134 cm³/mol. The number of aromatic nitrogens is 5. The topological polar surface area (TPSA) is 82.8 Å². The van der Waals surface area contributed by atoms with Crippen LogP contribution in [0.25, 0.3) is 17.1 Å². The van der Waals surface area contributed by atoms with Gasteiger partial charge in [0.2, 0.25) is 0 Å². The third kappa shape index (κ3) is 5.00. The van der Waals surface area contributed by atoms with Gasteiger partial charge in [0.15, 0.2) is 0 Å². The van der Waals surface area contributed by atoms with Crippen LogP contribution in [0.2, 0.25) is 5.02 Å². The van der Waals surface area contributed by atoms with Gasteiger partial charge in [0, 0.05) is 35.5 Å². The third-order valence-corrected chi connectivity index (χ3v) is 6.71. The average molecular weight is 547 g/mol. The van der Waals surface area contributed by atoms with Crippen LogP contribution >= 0.6 is 38.9 Å². The zero-order chi connectivity index (χ0) is 23.7. The van der Waals surface area contributed by atoms with E-state index in [1.807, 2.05) is 33.1 Å². The molecule has 0 aromatic carbocycles. The van der Waals surface area contributed by atoms with E-state index in [-0.39, 0.29) is 18.1 Å². The molecular formula is C23H21BrClN5O2S. The number of hydrogen-bond acceptors (Lipinski definition) is 7. The minimum atomic E-state index is -0.288. The molecule has 0 bridgehead atoms. The Balaban J connectivity index is 1.73. The summed E-state index contributed by atoms with van der Waals surface area (Å²) in [6.07, 6.45) is 3.23. The molecule has 0 atom stereocenters. The van der Waals surface area contributed by atoms with Crippen molar-refractivity contribution >= 4 is 38.9 Å². The lowest BCUT2D eigenvalue weighted by Crippen LogP contribution is -2.22. The van der Waals surface area contributed by atoms with E-state index in [0.29, 0.717) is 38.0 Å². The highest BCUT2D eigenvalue weighted by Crippen LogP contribution is 2.29. The van der Waals surface area contributed by atoms with E-state index in [4.69, 9.17) is 16.3 Å². The molecule has 0 unspecified atom stereocenters. The van der Waals surface area contributed by atoms with Crippen molar-refractivity contribution in [3.05, 3.63) is 78.0 Å². The van der Waals surface area contributed by atoms with Crippen LogP contribution in [0.4, 0.5) is 0 Å². The molecule has 4 heterocycles. The van der Waals surface area contributed by atoms with Gasteiger partial charge in [-0.3, -0.25) is 14.3 Å². The van der Waals surface area contributed by atoms with Crippen LogP contribution in [0.5, 0.6) is 5.75 Å². The van der Waals surface area contributed by atoms with Crippen LogP contribution in [0.15, 0.2) is 45.2 Å². The molecule has 0 fully saturated rings. The maximum atomic E-state index is 13.3. The van der Waals surface area contributed by atoms with E-state index in [2.05, 4.69) is 35.9 Å². The van der Waals surface area contributed by atoms with Crippen molar-refractivity contribution < 1.29 is 4.74 Å². The van der Waals surface area contributed by atoms with E-state index in [9.17, 15) is 4.79 Å². The van der Waals surface area contributed by atoms with Gasteiger partial charge in [-0.1, -0.05) is 25.4 Å². The van der Waals surface area contributed by atoms with Crippen molar-refractivity contribution in [1.29, 1.82) is 0 Å². The molecule has 0 saturated carbocycles. The normalized spacial score (nSPS) is 11.2. The van der Waals surface area contributed by atoms with E-state index in [1.54, 1.807) is 35.7 Å². The molecule has 170 valence electrons. The zero-order valence-corrected chi connectivity index (χ0v) is 21.6. The molecule has 4 aromatic heterocycles. The van der Waals surface area contributed by atoms with Crippen LogP contribution in [0.1, 0.15) is 42.0 Å². The van der Waals surface area contributed by atoms with Gasteiger partial charge in [0.05, 0.1) is 32.8 Å². The Morgan fingerprint density at radius 2 is 1.97 bits per heavy atom. The summed E-state index contributed by atoms with van der Waals surface area (Å²) in [4.78, 5) is 31.0. The molecule has 0 N–H and O–H groups in total. The SMILES string of the molecule is Cc1nc(COc2cc(C)n(-c3cc(-c4ccnc(C(C)C)n4)ncc3Cl)c(=O)c2Br)cs1. The van der Waals surface area contributed by atoms with Crippen LogP contribution in [0.3, 0.4) is 0 Å². The lowest BCUT2D eigenvalue weighted by atomic mass is 10.2. The first kappa shape index (κ1) is 23.5. The third-order valence-electron chi connectivity index (χ3n) is 4.87. The number of pyridine rings is 2. The number of halogens is 2. The summed E-state index contributed by atoms with van der Waals surface area (Å²) in [5, 5.41) is 3.25. The van der Waals surface area contributed by atoms with E-state index in [0.717, 1.165) is 16.5 Å². The predicted octanol–water partition coefficient (Wildman–Crippen LogP) is 5.88. The van der Waals surface area contributed by atoms with Gasteiger partial charge in [0.25, 0.3) is 5.56 Å². The zero-order valence-electron chi connectivity index (χ0n) is 18.5. The average Bonchev–Trinajstić information content (AvgIpc) is 3.21. The van der Waals surface area contributed by atoms with Crippen molar-refractivity contribution in [2.75, 3.05) is 0 Å². The summed E-state index contributed by atoms with van der Waals surface area (Å²) in [5.41, 5.74) is 2.96. The lowest BCUT2D eigenvalue weighted by molar-refractivity contribution is 0.298. The van der Waals surface area contributed by atoms with Gasteiger partial charge in [-0.15, -0.1) is 11.3 Å². The van der Waals surface area contributed by atoms with Crippen molar-refractivity contribution in [3.8, 4) is 22.8 Å². The number of hydrogen-bond donors (Lipinski definition) is 0. The molecule has 0 aliphatic carbocycles. The van der Waals surface area contributed by atoms with Crippen LogP contribution in [0, 0.1) is 13.8 Å². The molecule has 0 spiro atoms. The number of aryl methyl sites for hydroxylation is 2. The Kier molecular flexibility index (Phi) is 6.92. The maximum Gasteiger partial charge on any atom is 0.273 e. The quantitative estimate of drug-likeness (QED) is 0.300. The number of rotatable bonds is 6. The Labute approximate surface area is 208 Å². The Morgan fingerprint density at radius 3 is 2.67 bits per heavy atom. The second kappa shape index (κ2) is 9.70. The Morgan fingerprint density at radius 1 is 1.18 bits per heavy atom. The van der Waals surface area contributed by atoms with Crippen molar-refractivity contribution in [1.82, 2.24) is 24.5 Å². The second-order valence-corrected chi connectivity index (χ2v) is 9.99. The van der Waals surface area contributed by atoms with Gasteiger partial charge in [-0.25, -0.2) is 15.0 Å². The van der Waals surface area contributed by atoms with Crippen LogP contribution in [-0.4, -0.2) is 24.5 Å². The summed E-state index contributed by atoms with van der Waals surface area (Å²) in [6.45, 7) is 8.09. The fourth-order valence-electron chi connectivity index (χ4n) is 3.25. The summed E-state index contributed by atoms with van der Waals surface area (Å²) in [7, 11) is 0. The summed E-state index contributed by atoms with van der Waals surface area (Å²) in [6, 6.07) is 5.34. The van der Waals surface area contributed by atoms with Crippen molar-refractivity contribution in [2.24, 2.45) is 0 Å². The first-order valence-electron chi connectivity index (χ1n) is 10.2. The number of thiazole rings is 1. The first-order valence-corrected chi connectivity index (χ1v) is 12.2. The fourth-order valence-corrected chi connectivity index (χ4v) is 4.44. The summed E-state index contributed by atoms with van der Waals surface area (Å²) in [5.74, 6) is 1.35. The smallest absolute Gasteiger partial charge is 0.273 e. The highest BCUT2D eigenvalue weighted by Gasteiger charge is 2.17. The molecule has 0 aliphatic heterocycles. The lowest BCUT2D eigenvalue weighted by Gasteiger charge is -2.16. The fraction of sp³-hybridized carbons (Fsp3) is 0.261. The number of ether oxygens (including phenoxy) is 1. The van der Waals surface area contributed by atoms with Gasteiger partial charge in [-0.05, 0) is 41.9 Å². The number of nitrogens with zero attached hydrogens (tertiary/aromatic N) is 5. The minimum Gasteiger partial charge on any atom is -0.486 e. The molecule has 7 nitrogen and oxygen atoms in total. The van der Waals surface area contributed by atoms with Gasteiger partial charge in [0.1, 0.15) is 22.7 Å². The molecular weight excluding hydrogens is 526 g/mol. The molecule has 4 aromatic rings. The molecule has 0 radical (unpaired) electrons. The summed E-state index contributed by atoms with van der Waals surface area (Å²) >= 11 is 11.4. The molecule has 0 aliphatic rings. The van der Waals surface area contributed by atoms with E-state index < -0.39 is 0 Å². The first-order chi connectivity index (χ1) is 15.7. The Hall–Kier alpha value is -2.62. The highest BCUT2D eigenvalue weighted by molar-refractivity contribution is 9.10. The Bertz CT molecular complexity index is 1390. The van der Waals surface area contributed by atoms with E-state index in [1.165, 1.54) is 10.8 Å². The van der Waals surface area contributed by atoms with Crippen LogP contribution in [-0.2, 0) is 6.61 Å².